The molecular weight excluding hydrogens is 393 g/mol. The molecule has 1 N–H and O–H groups in total. The van der Waals surface area contributed by atoms with Crippen molar-refractivity contribution < 1.29 is 9.18 Å². The van der Waals surface area contributed by atoms with E-state index in [1.165, 1.54) is 22.7 Å². The Kier molecular flexibility index (Phi) is 4.88. The van der Waals surface area contributed by atoms with Gasteiger partial charge in [0.15, 0.2) is 5.82 Å². The Balaban J connectivity index is 1.35. The molecule has 7 heteroatoms. The maximum atomic E-state index is 14.9. The Morgan fingerprint density at radius 3 is 2.39 bits per heavy atom. The van der Waals surface area contributed by atoms with E-state index >= 15 is 0 Å². The second kappa shape index (κ2) is 7.48. The smallest absolute Gasteiger partial charge is 0.322 e. The van der Waals surface area contributed by atoms with Crippen LogP contribution in [-0.4, -0.2) is 55.2 Å². The van der Waals surface area contributed by atoms with Gasteiger partial charge in [-0.2, -0.15) is 0 Å². The number of carbonyl (C=O) groups excluding carboxylic acids is 1. The molecule has 3 aliphatic rings. The summed E-state index contributed by atoms with van der Waals surface area (Å²) in [5.41, 5.74) is 1.21. The van der Waals surface area contributed by atoms with E-state index < -0.39 is 0 Å². The number of rotatable bonds is 4. The van der Waals surface area contributed by atoms with Crippen molar-refractivity contribution in [2.24, 2.45) is 0 Å². The molecule has 0 unspecified atom stereocenters. The van der Waals surface area contributed by atoms with E-state index in [1.807, 2.05) is 11.0 Å². The van der Waals surface area contributed by atoms with Crippen molar-refractivity contribution in [3.05, 3.63) is 54.0 Å². The molecule has 0 radical (unpaired) electrons. The molecule has 1 spiro atoms. The van der Waals surface area contributed by atoms with E-state index in [9.17, 15) is 9.18 Å². The highest BCUT2D eigenvalue weighted by Gasteiger charge is 2.50. The zero-order valence-electron chi connectivity index (χ0n) is 18.3. The summed E-state index contributed by atoms with van der Waals surface area (Å²) in [4.78, 5) is 23.2. The molecule has 3 heterocycles. The largest absolute Gasteiger partial charge is 0.356 e. The molecule has 5 rings (SSSR count). The van der Waals surface area contributed by atoms with Crippen LogP contribution < -0.4 is 15.1 Å². The van der Waals surface area contributed by atoms with E-state index in [0.29, 0.717) is 12.4 Å². The Morgan fingerprint density at radius 1 is 1.10 bits per heavy atom. The van der Waals surface area contributed by atoms with Crippen LogP contribution in [0.3, 0.4) is 0 Å². The molecule has 0 bridgehead atoms. The lowest BCUT2D eigenvalue weighted by Crippen LogP contribution is -2.54. The van der Waals surface area contributed by atoms with Crippen molar-refractivity contribution in [1.29, 1.82) is 0 Å². The van der Waals surface area contributed by atoms with Gasteiger partial charge in [-0.1, -0.05) is 30.3 Å². The van der Waals surface area contributed by atoms with Crippen LogP contribution in [0.4, 0.5) is 20.7 Å². The fourth-order valence-corrected chi connectivity index (χ4v) is 5.40. The van der Waals surface area contributed by atoms with Crippen LogP contribution in [0, 0.1) is 5.82 Å². The van der Waals surface area contributed by atoms with Gasteiger partial charge in [-0.05, 0) is 51.8 Å². The number of carbonyl (C=O) groups is 1. The van der Waals surface area contributed by atoms with Gasteiger partial charge in [0.25, 0.3) is 0 Å². The number of aromatic nitrogens is 1. The zero-order chi connectivity index (χ0) is 21.6. The summed E-state index contributed by atoms with van der Waals surface area (Å²) in [6.07, 6.45) is 6.20. The summed E-state index contributed by atoms with van der Waals surface area (Å²) in [5, 5.41) is 3.20. The van der Waals surface area contributed by atoms with E-state index in [0.717, 1.165) is 45.2 Å². The molecule has 2 aromatic rings. The van der Waals surface area contributed by atoms with Crippen LogP contribution in [0.15, 0.2) is 42.6 Å². The number of halogens is 1. The first-order valence-electron chi connectivity index (χ1n) is 11.2. The second-order valence-electron chi connectivity index (χ2n) is 9.42. The van der Waals surface area contributed by atoms with Crippen LogP contribution in [0.5, 0.6) is 0 Å². The number of urea groups is 1. The Labute approximate surface area is 183 Å². The highest BCUT2D eigenvalue weighted by molar-refractivity contribution is 5.95. The number of hydrogen-bond acceptors (Lipinski definition) is 4. The average Bonchev–Trinajstić information content (AvgIpc) is 3.04. The van der Waals surface area contributed by atoms with Crippen molar-refractivity contribution in [3.63, 3.8) is 0 Å². The number of amides is 2. The van der Waals surface area contributed by atoms with Crippen molar-refractivity contribution in [2.75, 3.05) is 43.5 Å². The molecule has 31 heavy (non-hydrogen) atoms. The summed E-state index contributed by atoms with van der Waals surface area (Å²) >= 11 is 0. The van der Waals surface area contributed by atoms with E-state index in [1.54, 1.807) is 0 Å². The van der Waals surface area contributed by atoms with Gasteiger partial charge in [0, 0.05) is 24.7 Å². The molecule has 1 aliphatic carbocycles. The van der Waals surface area contributed by atoms with E-state index in [-0.39, 0.29) is 28.6 Å². The minimum absolute atomic E-state index is 0.0453. The Hall–Kier alpha value is -2.67. The molecule has 2 amide bonds. The van der Waals surface area contributed by atoms with Gasteiger partial charge >= 0.3 is 6.03 Å². The molecule has 1 saturated carbocycles. The minimum Gasteiger partial charge on any atom is -0.356 e. The van der Waals surface area contributed by atoms with E-state index in [2.05, 4.69) is 53.6 Å². The third-order valence-electron chi connectivity index (χ3n) is 7.57. The number of nitrogens with one attached hydrogen (secondary N) is 1. The Morgan fingerprint density at radius 2 is 1.81 bits per heavy atom. The normalized spacial score (nSPS) is 28.2. The van der Waals surface area contributed by atoms with Crippen LogP contribution in [0.2, 0.25) is 0 Å². The summed E-state index contributed by atoms with van der Waals surface area (Å²) in [6.45, 7) is 2.30. The predicted octanol–water partition coefficient (Wildman–Crippen LogP) is 3.73. The number of nitrogens with zero attached hydrogens (tertiary/aromatic N) is 4. The quantitative estimate of drug-likeness (QED) is 0.814. The fraction of sp³-hybridized carbons (Fsp3) is 0.500. The Bertz CT molecular complexity index is 967. The van der Waals surface area contributed by atoms with Gasteiger partial charge in [0.05, 0.1) is 24.0 Å². The summed E-state index contributed by atoms with van der Waals surface area (Å²) < 4.78 is 14.9. The topological polar surface area (TPSA) is 51.7 Å². The third kappa shape index (κ3) is 3.35. The van der Waals surface area contributed by atoms with Crippen molar-refractivity contribution >= 4 is 17.5 Å². The van der Waals surface area contributed by atoms with Gasteiger partial charge < -0.3 is 10.2 Å². The molecule has 1 aromatic heterocycles. The van der Waals surface area contributed by atoms with Crippen molar-refractivity contribution in [2.45, 2.75) is 43.2 Å². The molecule has 1 aromatic carbocycles. The minimum atomic E-state index is -0.383. The van der Waals surface area contributed by atoms with Gasteiger partial charge in [0.2, 0.25) is 0 Å². The molecule has 6 nitrogen and oxygen atoms in total. The van der Waals surface area contributed by atoms with Crippen LogP contribution in [0.25, 0.3) is 0 Å². The lowest BCUT2D eigenvalue weighted by atomic mass is 9.69. The van der Waals surface area contributed by atoms with Crippen LogP contribution >= 0.6 is 0 Å². The first-order valence-corrected chi connectivity index (χ1v) is 11.2. The molecular formula is C24H30FN5O. The van der Waals surface area contributed by atoms with Gasteiger partial charge in [0.1, 0.15) is 5.82 Å². The molecule has 3 fully saturated rings. The van der Waals surface area contributed by atoms with Gasteiger partial charge in [-0.25, -0.2) is 14.2 Å². The standard InChI is InChI=1S/C24H30FN5O/c1-28(2)24(18-7-4-3-5-8-18)11-9-23(10-12-24)17-30(22(31)27-23)20-16-26-21(15-19(20)25)29-13-6-14-29/h3-5,7-8,15-16H,6,9-14,17H2,1-2H3,(H,27,31)/t23-,24+. The van der Waals surface area contributed by atoms with Gasteiger partial charge in [-0.3, -0.25) is 9.80 Å². The van der Waals surface area contributed by atoms with Crippen LogP contribution in [-0.2, 0) is 5.54 Å². The summed E-state index contributed by atoms with van der Waals surface area (Å²) in [5.74, 6) is 0.268. The zero-order valence-corrected chi connectivity index (χ0v) is 18.3. The number of anilines is 2. The number of pyridine rings is 1. The van der Waals surface area contributed by atoms with Crippen molar-refractivity contribution in [3.8, 4) is 0 Å². The third-order valence-corrected chi connectivity index (χ3v) is 7.57. The average molecular weight is 424 g/mol. The molecule has 2 saturated heterocycles. The van der Waals surface area contributed by atoms with E-state index in [4.69, 9.17) is 0 Å². The van der Waals surface area contributed by atoms with Gasteiger partial charge in [-0.15, -0.1) is 0 Å². The van der Waals surface area contributed by atoms with Crippen molar-refractivity contribution in [1.82, 2.24) is 15.2 Å². The summed E-state index contributed by atoms with van der Waals surface area (Å²) in [6, 6.07) is 11.8. The lowest BCUT2D eigenvalue weighted by molar-refractivity contribution is 0.0657. The molecule has 0 atom stereocenters. The maximum Gasteiger partial charge on any atom is 0.322 e. The number of hydrogen-bond donors (Lipinski definition) is 1. The monoisotopic (exact) mass is 423 g/mol. The van der Waals surface area contributed by atoms with Crippen LogP contribution in [0.1, 0.15) is 37.7 Å². The SMILES string of the molecule is CN(C)[C@]1(c2ccccc2)CC[C@]2(CC1)CN(c1cnc(N3CCC3)cc1F)C(=O)N2. The lowest BCUT2D eigenvalue weighted by Gasteiger charge is -2.48. The number of benzene rings is 1. The first kappa shape index (κ1) is 20.2. The predicted molar refractivity (Wildman–Crippen MR) is 120 cm³/mol. The summed E-state index contributed by atoms with van der Waals surface area (Å²) in [7, 11) is 4.26. The first-order chi connectivity index (χ1) is 14.9. The molecule has 2 aliphatic heterocycles. The maximum absolute atomic E-state index is 14.9. The molecule has 164 valence electrons. The fourth-order valence-electron chi connectivity index (χ4n) is 5.40. The highest BCUT2D eigenvalue weighted by atomic mass is 19.1. The second-order valence-corrected chi connectivity index (χ2v) is 9.42. The highest BCUT2D eigenvalue weighted by Crippen LogP contribution is 2.46.